The van der Waals surface area contributed by atoms with Crippen molar-refractivity contribution < 1.29 is 0 Å². The van der Waals surface area contributed by atoms with Gasteiger partial charge in [-0.05, 0) is 142 Å². The molecule has 16 aromatic rings. The van der Waals surface area contributed by atoms with E-state index in [0.717, 1.165) is 34.0 Å². The Labute approximate surface area is 481 Å². The van der Waals surface area contributed by atoms with Gasteiger partial charge in [0.15, 0.2) is 0 Å². The molecule has 0 bridgehead atoms. The Morgan fingerprint density at radius 1 is 0.265 bits per heavy atom. The number of aromatic nitrogens is 3. The van der Waals surface area contributed by atoms with E-state index in [-0.39, 0.29) is 5.41 Å². The highest BCUT2D eigenvalue weighted by atomic mass is 15.1. The monoisotopic (exact) mass is 1060 g/mol. The van der Waals surface area contributed by atoms with Crippen molar-refractivity contribution in [3.05, 3.63) is 302 Å². The molecule has 0 atom stereocenters. The summed E-state index contributed by atoms with van der Waals surface area (Å²) in [5, 5.41) is 9.92. The van der Waals surface area contributed by atoms with Gasteiger partial charge in [0, 0.05) is 71.3 Å². The number of benzene rings is 13. The van der Waals surface area contributed by atoms with Crippen LogP contribution in [0.25, 0.3) is 127 Å². The predicted octanol–water partition coefficient (Wildman–Crippen LogP) is 21.2. The van der Waals surface area contributed by atoms with Gasteiger partial charge in [-0.25, -0.2) is 0 Å². The second-order valence-electron chi connectivity index (χ2n) is 22.9. The molecule has 0 aliphatic heterocycles. The normalized spacial score (nSPS) is 12.8. The van der Waals surface area contributed by atoms with E-state index in [1.165, 1.54) is 121 Å². The Bertz CT molecular complexity index is 5180. The van der Waals surface area contributed by atoms with Gasteiger partial charge in [0.25, 0.3) is 0 Å². The zero-order valence-corrected chi connectivity index (χ0v) is 46.0. The van der Waals surface area contributed by atoms with Crippen molar-refractivity contribution in [2.75, 3.05) is 4.90 Å². The molecular formula is C79H54N4. The highest BCUT2D eigenvalue weighted by Crippen LogP contribution is 2.53. The predicted molar refractivity (Wildman–Crippen MR) is 350 cm³/mol. The smallest absolute Gasteiger partial charge is 0.0547 e. The molecule has 83 heavy (non-hydrogen) atoms. The van der Waals surface area contributed by atoms with Crippen molar-refractivity contribution in [1.29, 1.82) is 0 Å². The average molecular weight is 1060 g/mol. The molecule has 0 amide bonds. The molecule has 0 unspecified atom stereocenters. The molecule has 0 saturated heterocycles. The molecule has 4 nitrogen and oxygen atoms in total. The standard InChI is InChI=1S/C79H54N4/c1-79(2)69-49-57(41-44-59(69)60-45-42-58(50-70(60)79)82-72-28-14-8-22-61(72)62-23-9-15-29-73(62)82)80(76-46-47-77(66-21-7-6-20-65(66)76)83-74-30-16-11-24-63(74)64-25-12-17-31-75(64)83)56-39-36-52(37-40-56)51-32-34-53(35-33-51)54-38-43-68-67-26-10-13-27-71(67)81(78(68)48-54)55-18-4-3-5-19-55/h3-50H,1-2H3. The Balaban J connectivity index is 0.781. The lowest BCUT2D eigenvalue weighted by Gasteiger charge is -2.30. The van der Waals surface area contributed by atoms with Crippen molar-refractivity contribution in [3.63, 3.8) is 0 Å². The molecule has 0 fully saturated rings. The Morgan fingerprint density at radius 3 is 1.24 bits per heavy atom. The number of anilines is 3. The topological polar surface area (TPSA) is 18.0 Å². The summed E-state index contributed by atoms with van der Waals surface area (Å²) in [7, 11) is 0. The van der Waals surface area contributed by atoms with Crippen LogP contribution in [0.3, 0.4) is 0 Å². The van der Waals surface area contributed by atoms with Crippen LogP contribution in [0.1, 0.15) is 25.0 Å². The second-order valence-corrected chi connectivity index (χ2v) is 22.9. The third-order valence-corrected chi connectivity index (χ3v) is 18.0. The summed E-state index contributed by atoms with van der Waals surface area (Å²) in [6.07, 6.45) is 0. The largest absolute Gasteiger partial charge is 0.310 e. The van der Waals surface area contributed by atoms with Gasteiger partial charge >= 0.3 is 0 Å². The molecule has 0 spiro atoms. The molecular weight excluding hydrogens is 1000 g/mol. The fourth-order valence-electron chi connectivity index (χ4n) is 14.1. The highest BCUT2D eigenvalue weighted by molar-refractivity contribution is 6.13. The summed E-state index contributed by atoms with van der Waals surface area (Å²) in [4.78, 5) is 2.48. The summed E-state index contributed by atoms with van der Waals surface area (Å²) < 4.78 is 7.28. The third kappa shape index (κ3) is 7.12. The van der Waals surface area contributed by atoms with E-state index >= 15 is 0 Å². The number of para-hydroxylation sites is 6. The maximum absolute atomic E-state index is 2.48. The van der Waals surface area contributed by atoms with E-state index < -0.39 is 0 Å². The van der Waals surface area contributed by atoms with Crippen LogP contribution < -0.4 is 4.90 Å². The van der Waals surface area contributed by atoms with Crippen molar-refractivity contribution in [2.24, 2.45) is 0 Å². The Hall–Kier alpha value is -10.7. The number of hydrogen-bond acceptors (Lipinski definition) is 1. The molecule has 3 aromatic heterocycles. The average Bonchev–Trinajstić information content (AvgIpc) is 2.48. The lowest BCUT2D eigenvalue weighted by molar-refractivity contribution is 0.660. The molecule has 0 saturated carbocycles. The molecule has 3 heterocycles. The SMILES string of the molecule is CC1(C)c2cc(N(c3ccc(-c4ccc(-c5ccc6c7ccccc7n(-c7ccccc7)c6c5)cc4)cc3)c3ccc(-n4c5ccccc5c5ccccc54)c4ccccc34)ccc2-c2ccc(-n3c4ccccc4c4ccccc43)cc21. The van der Waals surface area contributed by atoms with Crippen LogP contribution in [0.15, 0.2) is 291 Å². The van der Waals surface area contributed by atoms with Crippen LogP contribution in [-0.2, 0) is 5.41 Å². The molecule has 390 valence electrons. The first kappa shape index (κ1) is 47.2. The molecule has 0 N–H and O–H groups in total. The van der Waals surface area contributed by atoms with Gasteiger partial charge in [-0.3, -0.25) is 0 Å². The quantitative estimate of drug-likeness (QED) is 0.148. The van der Waals surface area contributed by atoms with Gasteiger partial charge in [-0.2, -0.15) is 0 Å². The van der Waals surface area contributed by atoms with Crippen LogP contribution in [0, 0.1) is 0 Å². The molecule has 0 radical (unpaired) electrons. The fourth-order valence-corrected chi connectivity index (χ4v) is 14.1. The minimum absolute atomic E-state index is 0.286. The molecule has 1 aliphatic carbocycles. The van der Waals surface area contributed by atoms with E-state index in [1.807, 2.05) is 0 Å². The summed E-state index contributed by atoms with van der Waals surface area (Å²) in [6.45, 7) is 4.81. The number of rotatable bonds is 8. The van der Waals surface area contributed by atoms with Crippen LogP contribution in [-0.4, -0.2) is 13.7 Å². The minimum Gasteiger partial charge on any atom is -0.310 e. The minimum atomic E-state index is -0.286. The van der Waals surface area contributed by atoms with Gasteiger partial charge in [-0.15, -0.1) is 0 Å². The third-order valence-electron chi connectivity index (χ3n) is 18.0. The van der Waals surface area contributed by atoms with Gasteiger partial charge in [0.05, 0.1) is 44.5 Å². The van der Waals surface area contributed by atoms with Gasteiger partial charge in [0.1, 0.15) is 0 Å². The van der Waals surface area contributed by atoms with E-state index in [1.54, 1.807) is 0 Å². The lowest BCUT2D eigenvalue weighted by Crippen LogP contribution is -2.17. The summed E-state index contributed by atoms with van der Waals surface area (Å²) in [5.74, 6) is 0. The van der Waals surface area contributed by atoms with Gasteiger partial charge < -0.3 is 18.6 Å². The maximum Gasteiger partial charge on any atom is 0.0547 e. The van der Waals surface area contributed by atoms with Crippen LogP contribution >= 0.6 is 0 Å². The van der Waals surface area contributed by atoms with E-state index in [0.29, 0.717) is 0 Å². The first-order valence-electron chi connectivity index (χ1n) is 28.8. The van der Waals surface area contributed by atoms with Crippen LogP contribution in [0.5, 0.6) is 0 Å². The van der Waals surface area contributed by atoms with Crippen molar-refractivity contribution in [1.82, 2.24) is 13.7 Å². The molecule has 17 rings (SSSR count). The summed E-state index contributed by atoms with van der Waals surface area (Å²) >= 11 is 0. The van der Waals surface area contributed by atoms with Gasteiger partial charge in [0.2, 0.25) is 0 Å². The maximum atomic E-state index is 2.48. The first-order chi connectivity index (χ1) is 40.9. The lowest BCUT2D eigenvalue weighted by atomic mass is 9.82. The van der Waals surface area contributed by atoms with E-state index in [2.05, 4.69) is 324 Å². The Kier molecular flexibility index (Phi) is 10.3. The molecule has 4 heteroatoms. The zero-order chi connectivity index (χ0) is 54.9. The Morgan fingerprint density at radius 2 is 0.675 bits per heavy atom. The van der Waals surface area contributed by atoms with E-state index in [4.69, 9.17) is 0 Å². The zero-order valence-electron chi connectivity index (χ0n) is 46.0. The van der Waals surface area contributed by atoms with E-state index in [9.17, 15) is 0 Å². The van der Waals surface area contributed by atoms with Crippen LogP contribution in [0.4, 0.5) is 17.1 Å². The first-order valence-corrected chi connectivity index (χ1v) is 28.8. The fraction of sp³-hybridized carbons (Fsp3) is 0.0380. The summed E-state index contributed by atoms with van der Waals surface area (Å²) in [6, 6.07) is 108. The molecule has 1 aliphatic rings. The highest BCUT2D eigenvalue weighted by Gasteiger charge is 2.37. The second kappa shape index (κ2) is 18.2. The van der Waals surface area contributed by atoms with Crippen molar-refractivity contribution in [3.8, 4) is 50.4 Å². The van der Waals surface area contributed by atoms with Crippen molar-refractivity contribution in [2.45, 2.75) is 19.3 Å². The number of nitrogens with zero attached hydrogens (tertiary/aromatic N) is 4. The molecule has 13 aromatic carbocycles. The van der Waals surface area contributed by atoms with Gasteiger partial charge in [-0.1, -0.05) is 208 Å². The number of hydrogen-bond donors (Lipinski definition) is 0. The number of fused-ring (bicyclic) bond motifs is 13. The van der Waals surface area contributed by atoms with Crippen LogP contribution in [0.2, 0.25) is 0 Å². The van der Waals surface area contributed by atoms with Crippen molar-refractivity contribution >= 4 is 93.3 Å². The summed E-state index contributed by atoms with van der Waals surface area (Å²) in [5.41, 5.74) is 23.7.